The van der Waals surface area contributed by atoms with Crippen LogP contribution in [0.25, 0.3) is 0 Å². The highest BCUT2D eigenvalue weighted by atomic mass is 35.5. The van der Waals surface area contributed by atoms with E-state index in [9.17, 15) is 0 Å². The van der Waals surface area contributed by atoms with Gasteiger partial charge in [0.25, 0.3) is 0 Å². The highest BCUT2D eigenvalue weighted by Gasteiger charge is 2.59. The maximum absolute atomic E-state index is 6.19. The number of rotatable bonds is 0. The first-order valence-corrected chi connectivity index (χ1v) is 6.40. The van der Waals surface area contributed by atoms with Crippen molar-refractivity contribution < 1.29 is 0 Å². The van der Waals surface area contributed by atoms with E-state index in [2.05, 4.69) is 35.4 Å². The predicted molar refractivity (Wildman–Crippen MR) is 68.5 cm³/mol. The minimum Gasteiger partial charge on any atom is -0.391 e. The van der Waals surface area contributed by atoms with Crippen molar-refractivity contribution >= 4 is 23.2 Å². The number of nitrogens with one attached hydrogen (secondary N) is 1. The Kier molecular flexibility index (Phi) is 2.23. The summed E-state index contributed by atoms with van der Waals surface area (Å²) in [6.45, 7) is 5.33. The van der Waals surface area contributed by atoms with Gasteiger partial charge < -0.3 is 5.32 Å². The molecule has 0 radical (unpaired) electrons. The quantitative estimate of drug-likeness (QED) is 0.787. The van der Waals surface area contributed by atoms with E-state index in [1.54, 1.807) is 0 Å². The molecule has 2 heterocycles. The van der Waals surface area contributed by atoms with Crippen LogP contribution in [-0.4, -0.2) is 16.7 Å². The molecule has 3 rings (SSSR count). The Morgan fingerprint density at radius 1 is 1.18 bits per heavy atom. The number of nitrogens with zero attached hydrogens (tertiary/aromatic N) is 2. The third kappa shape index (κ3) is 1.19. The Bertz CT molecular complexity index is 529. The van der Waals surface area contributed by atoms with E-state index in [0.29, 0.717) is 10.3 Å². The topological polar surface area (TPSA) is 37.8 Å². The van der Waals surface area contributed by atoms with Gasteiger partial charge in [0.05, 0.1) is 0 Å². The summed E-state index contributed by atoms with van der Waals surface area (Å²) < 4.78 is 0. The van der Waals surface area contributed by atoms with Gasteiger partial charge in [-0.25, -0.2) is 0 Å². The fourth-order valence-electron chi connectivity index (χ4n) is 3.13. The SMILES string of the molecule is CC12C=CNCCC1(C)c1c(Cl)nnc(Cl)c12. The third-order valence-electron chi connectivity index (χ3n) is 4.41. The molecule has 1 aliphatic heterocycles. The monoisotopic (exact) mass is 269 g/mol. The molecule has 0 spiro atoms. The minimum atomic E-state index is -0.109. The summed E-state index contributed by atoms with van der Waals surface area (Å²) in [5.74, 6) is 0. The Labute approximate surface area is 110 Å². The second-order valence-corrected chi connectivity index (χ2v) is 5.82. The molecule has 17 heavy (non-hydrogen) atoms. The van der Waals surface area contributed by atoms with Crippen molar-refractivity contribution in [2.45, 2.75) is 31.1 Å². The summed E-state index contributed by atoms with van der Waals surface area (Å²) in [4.78, 5) is 0. The van der Waals surface area contributed by atoms with Gasteiger partial charge in [-0.2, -0.15) is 0 Å². The smallest absolute Gasteiger partial charge is 0.156 e. The average molecular weight is 270 g/mol. The van der Waals surface area contributed by atoms with Crippen molar-refractivity contribution in [3.63, 3.8) is 0 Å². The molecule has 0 amide bonds. The van der Waals surface area contributed by atoms with Crippen LogP contribution in [-0.2, 0) is 10.8 Å². The molecule has 1 aromatic rings. The summed E-state index contributed by atoms with van der Waals surface area (Å²) in [5, 5.41) is 12.1. The van der Waals surface area contributed by atoms with Gasteiger partial charge in [-0.15, -0.1) is 10.2 Å². The zero-order valence-electron chi connectivity index (χ0n) is 9.72. The fraction of sp³-hybridized carbons (Fsp3) is 0.500. The summed E-state index contributed by atoms with van der Waals surface area (Å²) in [6, 6.07) is 0. The van der Waals surface area contributed by atoms with Gasteiger partial charge in [0, 0.05) is 28.5 Å². The lowest BCUT2D eigenvalue weighted by Crippen LogP contribution is -2.54. The molecule has 0 aromatic carbocycles. The van der Waals surface area contributed by atoms with E-state index < -0.39 is 0 Å². The second-order valence-electron chi connectivity index (χ2n) is 5.10. The van der Waals surface area contributed by atoms with E-state index in [0.717, 1.165) is 24.1 Å². The number of fused-ring (bicyclic) bond motifs is 4. The van der Waals surface area contributed by atoms with E-state index in [-0.39, 0.29) is 10.8 Å². The molecule has 0 saturated heterocycles. The molecule has 1 aliphatic carbocycles. The highest BCUT2D eigenvalue weighted by molar-refractivity contribution is 6.33. The Morgan fingerprint density at radius 3 is 2.53 bits per heavy atom. The first-order chi connectivity index (χ1) is 8.01. The average Bonchev–Trinajstić information content (AvgIpc) is 2.40. The number of hydrogen-bond acceptors (Lipinski definition) is 3. The van der Waals surface area contributed by atoms with Crippen LogP contribution in [0.15, 0.2) is 12.3 Å². The second kappa shape index (κ2) is 3.36. The summed E-state index contributed by atoms with van der Waals surface area (Å²) in [5.41, 5.74) is 1.97. The Hall–Kier alpha value is -0.800. The number of hydrogen-bond donors (Lipinski definition) is 1. The molecule has 2 unspecified atom stereocenters. The van der Waals surface area contributed by atoms with Gasteiger partial charge in [0.1, 0.15) is 0 Å². The van der Waals surface area contributed by atoms with Crippen LogP contribution >= 0.6 is 23.2 Å². The summed E-state index contributed by atoms with van der Waals surface area (Å²) >= 11 is 12.4. The molecule has 2 aliphatic rings. The maximum atomic E-state index is 6.19. The van der Waals surface area contributed by atoms with Crippen LogP contribution in [0, 0.1) is 0 Å². The molecular weight excluding hydrogens is 257 g/mol. The first kappa shape index (κ1) is 11.3. The van der Waals surface area contributed by atoms with Crippen molar-refractivity contribution in [2.75, 3.05) is 6.54 Å². The lowest BCUT2D eigenvalue weighted by Gasteiger charge is -2.55. The Morgan fingerprint density at radius 2 is 1.82 bits per heavy atom. The third-order valence-corrected chi connectivity index (χ3v) is 4.94. The molecule has 0 fully saturated rings. The van der Waals surface area contributed by atoms with Gasteiger partial charge in [-0.3, -0.25) is 0 Å². The largest absolute Gasteiger partial charge is 0.391 e. The molecule has 3 nitrogen and oxygen atoms in total. The molecule has 90 valence electrons. The standard InChI is InChI=1S/C12H13Cl2N3/c1-11-3-5-15-6-4-12(11,2)8-7(11)9(13)16-17-10(8)14/h3,5,15H,4,6H2,1-2H3. The Balaban J connectivity index is 2.31. The molecule has 2 atom stereocenters. The van der Waals surface area contributed by atoms with E-state index in [1.807, 2.05) is 6.20 Å². The van der Waals surface area contributed by atoms with Gasteiger partial charge in [-0.1, -0.05) is 43.1 Å². The molecule has 0 saturated carbocycles. The molecule has 0 bridgehead atoms. The van der Waals surface area contributed by atoms with Gasteiger partial charge in [0.2, 0.25) is 0 Å². The van der Waals surface area contributed by atoms with Crippen molar-refractivity contribution in [1.29, 1.82) is 0 Å². The van der Waals surface area contributed by atoms with Crippen LogP contribution in [0.3, 0.4) is 0 Å². The first-order valence-electron chi connectivity index (χ1n) is 5.64. The normalized spacial score (nSPS) is 34.1. The summed E-state index contributed by atoms with van der Waals surface area (Å²) in [7, 11) is 0. The zero-order chi connectivity index (χ0) is 12.3. The molecule has 1 aromatic heterocycles. The van der Waals surface area contributed by atoms with Gasteiger partial charge >= 0.3 is 0 Å². The van der Waals surface area contributed by atoms with E-state index in [4.69, 9.17) is 23.2 Å². The van der Waals surface area contributed by atoms with Crippen LogP contribution < -0.4 is 5.32 Å². The van der Waals surface area contributed by atoms with Crippen molar-refractivity contribution in [3.8, 4) is 0 Å². The highest BCUT2D eigenvalue weighted by Crippen LogP contribution is 2.62. The van der Waals surface area contributed by atoms with E-state index >= 15 is 0 Å². The summed E-state index contributed by atoms with van der Waals surface area (Å²) in [6.07, 6.45) is 5.16. The minimum absolute atomic E-state index is 0.0149. The lowest BCUT2D eigenvalue weighted by atomic mass is 9.47. The lowest BCUT2D eigenvalue weighted by molar-refractivity contribution is 0.238. The number of halogens is 2. The predicted octanol–water partition coefficient (Wildman–Crippen LogP) is 2.82. The van der Waals surface area contributed by atoms with Gasteiger partial charge in [0.15, 0.2) is 10.3 Å². The van der Waals surface area contributed by atoms with Crippen molar-refractivity contribution in [3.05, 3.63) is 33.7 Å². The van der Waals surface area contributed by atoms with Crippen LogP contribution in [0.1, 0.15) is 31.4 Å². The maximum Gasteiger partial charge on any atom is 0.156 e. The van der Waals surface area contributed by atoms with Crippen molar-refractivity contribution in [2.24, 2.45) is 0 Å². The van der Waals surface area contributed by atoms with E-state index in [1.165, 1.54) is 0 Å². The zero-order valence-corrected chi connectivity index (χ0v) is 11.2. The van der Waals surface area contributed by atoms with Crippen LogP contribution in [0.5, 0.6) is 0 Å². The molecule has 5 heteroatoms. The van der Waals surface area contributed by atoms with Gasteiger partial charge in [-0.05, 0) is 12.6 Å². The van der Waals surface area contributed by atoms with Crippen LogP contribution in [0.2, 0.25) is 10.3 Å². The fourth-order valence-corrected chi connectivity index (χ4v) is 3.80. The van der Waals surface area contributed by atoms with Crippen LogP contribution in [0.4, 0.5) is 0 Å². The van der Waals surface area contributed by atoms with Crippen molar-refractivity contribution in [1.82, 2.24) is 15.5 Å². The number of allylic oxidation sites excluding steroid dienone is 1. The molecule has 1 N–H and O–H groups in total. The number of aromatic nitrogens is 2. The molecular formula is C12H13Cl2N3.